The lowest BCUT2D eigenvalue weighted by Crippen LogP contribution is -2.41. The third-order valence-corrected chi connectivity index (χ3v) is 4.17. The highest BCUT2D eigenvalue weighted by Crippen LogP contribution is 2.20. The molecule has 130 valence electrons. The second-order valence-corrected chi connectivity index (χ2v) is 7.33. The Hall–Kier alpha value is -1.60. The summed E-state index contributed by atoms with van der Waals surface area (Å²) in [6.07, 6.45) is -0.427. The number of methoxy groups -OCH3 is 1. The molecule has 0 aliphatic heterocycles. The van der Waals surface area contributed by atoms with Crippen molar-refractivity contribution in [3.63, 3.8) is 0 Å². The van der Waals surface area contributed by atoms with Crippen LogP contribution >= 0.6 is 11.3 Å². The maximum Gasteiger partial charge on any atom is 0.407 e. The normalized spacial score (nSPS) is 12.8. The van der Waals surface area contributed by atoms with Gasteiger partial charge in [0.05, 0.1) is 7.11 Å². The molecule has 7 heteroatoms. The van der Waals surface area contributed by atoms with Crippen molar-refractivity contribution in [1.29, 1.82) is 0 Å². The van der Waals surface area contributed by atoms with Crippen LogP contribution in [-0.2, 0) is 16.0 Å². The van der Waals surface area contributed by atoms with Gasteiger partial charge < -0.3 is 14.8 Å². The lowest BCUT2D eigenvalue weighted by Gasteiger charge is -2.26. The van der Waals surface area contributed by atoms with Gasteiger partial charge in [-0.1, -0.05) is 0 Å². The Balaban J connectivity index is 2.52. The molecule has 6 nitrogen and oxygen atoms in total. The highest BCUT2D eigenvalue weighted by Gasteiger charge is 2.19. The Morgan fingerprint density at radius 1 is 1.39 bits per heavy atom. The molecule has 1 heterocycles. The number of thiophene rings is 1. The molecule has 1 aromatic heterocycles. The van der Waals surface area contributed by atoms with E-state index in [4.69, 9.17) is 9.47 Å². The number of hydrogen-bond acceptors (Lipinski definition) is 6. The molecule has 0 saturated heterocycles. The largest absolute Gasteiger partial charge is 0.465 e. The zero-order valence-corrected chi connectivity index (χ0v) is 15.5. The Morgan fingerprint density at radius 2 is 2.04 bits per heavy atom. The van der Waals surface area contributed by atoms with Gasteiger partial charge in [-0.05, 0) is 51.8 Å². The summed E-state index contributed by atoms with van der Waals surface area (Å²) in [5, 5.41) is 4.63. The minimum atomic E-state index is -0.509. The van der Waals surface area contributed by atoms with E-state index in [9.17, 15) is 9.59 Å². The number of esters is 1. The molecule has 0 fully saturated rings. The van der Waals surface area contributed by atoms with Gasteiger partial charge in [-0.15, -0.1) is 11.3 Å². The first-order chi connectivity index (χ1) is 10.6. The van der Waals surface area contributed by atoms with Crippen LogP contribution in [0.1, 0.15) is 42.9 Å². The predicted molar refractivity (Wildman–Crippen MR) is 90.8 cm³/mol. The maximum absolute atomic E-state index is 11.7. The number of nitrogens with one attached hydrogen (secondary N) is 1. The van der Waals surface area contributed by atoms with Crippen LogP contribution in [0.25, 0.3) is 0 Å². The van der Waals surface area contributed by atoms with E-state index < -0.39 is 11.7 Å². The van der Waals surface area contributed by atoms with E-state index in [1.807, 2.05) is 46.2 Å². The number of carbonyl (C=O) groups excluding carboxylic acids is 2. The Bertz CT molecular complexity index is 536. The van der Waals surface area contributed by atoms with E-state index >= 15 is 0 Å². The third kappa shape index (κ3) is 6.58. The summed E-state index contributed by atoms with van der Waals surface area (Å²) < 4.78 is 9.99. The third-order valence-electron chi connectivity index (χ3n) is 3.23. The molecule has 0 radical (unpaired) electrons. The van der Waals surface area contributed by atoms with Gasteiger partial charge >= 0.3 is 12.1 Å². The monoisotopic (exact) mass is 342 g/mol. The number of nitrogens with zero attached hydrogens (tertiary/aromatic N) is 1. The van der Waals surface area contributed by atoms with Gasteiger partial charge in [0.1, 0.15) is 10.5 Å². The number of hydrogen-bond donors (Lipinski definition) is 1. The van der Waals surface area contributed by atoms with Gasteiger partial charge in [-0.2, -0.15) is 0 Å². The van der Waals surface area contributed by atoms with Crippen LogP contribution in [0.3, 0.4) is 0 Å². The van der Waals surface area contributed by atoms with Gasteiger partial charge in [0.15, 0.2) is 0 Å². The molecule has 1 aromatic rings. The molecule has 1 amide bonds. The molecule has 23 heavy (non-hydrogen) atoms. The number of rotatable bonds is 6. The van der Waals surface area contributed by atoms with Crippen LogP contribution in [0.15, 0.2) is 11.4 Å². The lowest BCUT2D eigenvalue weighted by molar-refractivity contribution is 0.0512. The first-order valence-electron chi connectivity index (χ1n) is 7.46. The van der Waals surface area contributed by atoms with Crippen molar-refractivity contribution >= 4 is 23.4 Å². The van der Waals surface area contributed by atoms with Crippen LogP contribution in [0.4, 0.5) is 4.79 Å². The van der Waals surface area contributed by atoms with E-state index in [2.05, 4.69) is 10.2 Å². The summed E-state index contributed by atoms with van der Waals surface area (Å²) >= 11 is 1.37. The number of ether oxygens (including phenoxy) is 2. The number of likely N-dealkylation sites (N-methyl/N-ethyl adjacent to an activating group) is 1. The van der Waals surface area contributed by atoms with Gasteiger partial charge in [0, 0.05) is 19.1 Å². The second-order valence-electron chi connectivity index (χ2n) is 6.41. The predicted octanol–water partition coefficient (Wildman–Crippen LogP) is 2.88. The molecule has 1 rings (SSSR count). The summed E-state index contributed by atoms with van der Waals surface area (Å²) in [6.45, 7) is 8.54. The minimum absolute atomic E-state index is 0.0907. The van der Waals surface area contributed by atoms with E-state index in [-0.39, 0.29) is 12.0 Å². The molecule has 0 aliphatic rings. The fraction of sp³-hybridized carbons (Fsp3) is 0.625. The van der Waals surface area contributed by atoms with Crippen molar-refractivity contribution in [2.24, 2.45) is 0 Å². The fourth-order valence-corrected chi connectivity index (χ4v) is 2.69. The zero-order valence-electron chi connectivity index (χ0n) is 14.6. The van der Waals surface area contributed by atoms with Gasteiger partial charge in [0.25, 0.3) is 0 Å². The highest BCUT2D eigenvalue weighted by molar-refractivity contribution is 7.12. The molecule has 0 saturated carbocycles. The van der Waals surface area contributed by atoms with Crippen LogP contribution in [0.2, 0.25) is 0 Å². The van der Waals surface area contributed by atoms with E-state index in [0.29, 0.717) is 18.0 Å². The van der Waals surface area contributed by atoms with E-state index in [1.54, 1.807) is 0 Å². The summed E-state index contributed by atoms with van der Waals surface area (Å²) in [5.41, 5.74) is 0.416. The van der Waals surface area contributed by atoms with Crippen LogP contribution in [0, 0.1) is 0 Å². The molecule has 0 bridgehead atoms. The molecule has 1 N–H and O–H groups in total. The smallest absolute Gasteiger partial charge is 0.407 e. The average molecular weight is 342 g/mol. The lowest BCUT2D eigenvalue weighted by atomic mass is 10.2. The average Bonchev–Trinajstić information content (AvgIpc) is 2.90. The Morgan fingerprint density at radius 3 is 2.61 bits per heavy atom. The first kappa shape index (κ1) is 19.4. The van der Waals surface area contributed by atoms with Crippen molar-refractivity contribution in [3.05, 3.63) is 21.9 Å². The van der Waals surface area contributed by atoms with E-state index in [1.165, 1.54) is 18.4 Å². The van der Waals surface area contributed by atoms with Crippen LogP contribution in [0.5, 0.6) is 0 Å². The van der Waals surface area contributed by atoms with Crippen molar-refractivity contribution < 1.29 is 19.1 Å². The van der Waals surface area contributed by atoms with Crippen LogP contribution < -0.4 is 5.32 Å². The SMILES string of the molecule is COC(=O)c1sccc1CN(C)[C@H](C)CNC(=O)OC(C)(C)C. The standard InChI is InChI=1S/C16H26N2O4S/c1-11(9-17-15(20)22-16(2,3)4)18(5)10-12-7-8-23-13(12)14(19)21-6/h7-8,11H,9-10H2,1-6H3,(H,17,20)/t11-/m1/s1. The van der Waals surface area contributed by atoms with Crippen molar-refractivity contribution in [2.75, 3.05) is 20.7 Å². The highest BCUT2D eigenvalue weighted by atomic mass is 32.1. The topological polar surface area (TPSA) is 67.9 Å². The van der Waals surface area contributed by atoms with Crippen molar-refractivity contribution in [1.82, 2.24) is 10.2 Å². The molecule has 0 aliphatic carbocycles. The molecular weight excluding hydrogens is 316 g/mol. The van der Waals surface area contributed by atoms with Crippen molar-refractivity contribution in [3.8, 4) is 0 Å². The zero-order chi connectivity index (χ0) is 17.6. The molecule has 1 atom stereocenters. The maximum atomic E-state index is 11.7. The molecule has 0 aromatic carbocycles. The number of alkyl carbamates (subject to hydrolysis) is 1. The summed E-state index contributed by atoms with van der Waals surface area (Å²) in [6, 6.07) is 2.01. The summed E-state index contributed by atoms with van der Waals surface area (Å²) in [4.78, 5) is 26.0. The van der Waals surface area contributed by atoms with Gasteiger partial charge in [-0.25, -0.2) is 9.59 Å². The molecular formula is C16H26N2O4S. The van der Waals surface area contributed by atoms with Gasteiger partial charge in [-0.3, -0.25) is 4.90 Å². The fourth-order valence-electron chi connectivity index (χ4n) is 1.86. The summed E-state index contributed by atoms with van der Waals surface area (Å²) in [7, 11) is 3.32. The Labute approximate surface area is 141 Å². The Kier molecular flexibility index (Phi) is 7.02. The first-order valence-corrected chi connectivity index (χ1v) is 8.33. The minimum Gasteiger partial charge on any atom is -0.465 e. The quantitative estimate of drug-likeness (QED) is 0.805. The molecule has 0 unspecified atom stereocenters. The van der Waals surface area contributed by atoms with E-state index in [0.717, 1.165) is 5.56 Å². The number of carbonyl (C=O) groups is 2. The summed E-state index contributed by atoms with van der Waals surface area (Å²) in [5.74, 6) is -0.317. The van der Waals surface area contributed by atoms with Crippen LogP contribution in [-0.4, -0.2) is 49.3 Å². The second kappa shape index (κ2) is 8.31. The number of amides is 1. The van der Waals surface area contributed by atoms with Gasteiger partial charge in [0.2, 0.25) is 0 Å². The molecule has 0 spiro atoms. The van der Waals surface area contributed by atoms with Crippen molar-refractivity contribution in [2.45, 2.75) is 45.9 Å².